The first-order valence-corrected chi connectivity index (χ1v) is 7.42. The molecule has 3 nitrogen and oxygen atoms in total. The first-order valence-electron chi connectivity index (χ1n) is 5.93. The van der Waals surface area contributed by atoms with Gasteiger partial charge in [-0.25, -0.2) is 8.42 Å². The Labute approximate surface area is 111 Å². The first-order chi connectivity index (χ1) is 8.94. The molecule has 0 aliphatic carbocycles. The number of carbonyl (C=O) groups is 1. The molecule has 96 valence electrons. The monoisotopic (exact) mass is 272 g/mol. The largest absolute Gasteiger partial charge is 0.289 e. The molecule has 2 aromatic rings. The van der Waals surface area contributed by atoms with E-state index in [1.54, 1.807) is 44.2 Å². The van der Waals surface area contributed by atoms with Crippen LogP contribution in [0.1, 0.15) is 27.0 Å². The third-order valence-corrected chi connectivity index (χ3v) is 5.48. The smallest absolute Gasteiger partial charge is 0.208 e. The number of fused-ring (bicyclic) bond motifs is 2. The molecule has 1 aliphatic heterocycles. The highest BCUT2D eigenvalue weighted by Crippen LogP contribution is 2.37. The molecule has 0 aromatic heterocycles. The van der Waals surface area contributed by atoms with E-state index in [1.165, 1.54) is 6.07 Å². The Balaban J connectivity index is 2.53. The Kier molecular flexibility index (Phi) is 2.41. The summed E-state index contributed by atoms with van der Waals surface area (Å²) >= 11 is 0. The second-order valence-electron chi connectivity index (χ2n) is 4.73. The van der Waals surface area contributed by atoms with Gasteiger partial charge in [0.25, 0.3) is 0 Å². The summed E-state index contributed by atoms with van der Waals surface area (Å²) in [6.45, 7) is 3.48. The summed E-state index contributed by atoms with van der Waals surface area (Å²) < 4.78 is 25.3. The molecule has 0 radical (unpaired) electrons. The zero-order valence-corrected chi connectivity index (χ0v) is 11.4. The van der Waals surface area contributed by atoms with Crippen molar-refractivity contribution in [3.05, 3.63) is 58.7 Å². The van der Waals surface area contributed by atoms with E-state index in [2.05, 4.69) is 0 Å². The van der Waals surface area contributed by atoms with Crippen molar-refractivity contribution in [3.63, 3.8) is 0 Å². The molecule has 0 atom stereocenters. The summed E-state index contributed by atoms with van der Waals surface area (Å²) in [5.74, 6) is -0.207. The van der Waals surface area contributed by atoms with Gasteiger partial charge in [0.1, 0.15) is 0 Å². The van der Waals surface area contributed by atoms with Crippen LogP contribution in [0.3, 0.4) is 0 Å². The first kappa shape index (κ1) is 12.1. The number of sulfone groups is 1. The maximum Gasteiger partial charge on any atom is 0.208 e. The third-order valence-electron chi connectivity index (χ3n) is 3.48. The van der Waals surface area contributed by atoms with Gasteiger partial charge in [-0.15, -0.1) is 0 Å². The van der Waals surface area contributed by atoms with Crippen LogP contribution in [0.25, 0.3) is 0 Å². The normalized spacial score (nSPS) is 15.8. The van der Waals surface area contributed by atoms with Crippen molar-refractivity contribution >= 4 is 15.6 Å². The van der Waals surface area contributed by atoms with Crippen LogP contribution in [-0.4, -0.2) is 14.2 Å². The number of carbonyl (C=O) groups excluding carboxylic acids is 1. The number of benzene rings is 2. The summed E-state index contributed by atoms with van der Waals surface area (Å²) in [5, 5.41) is 0. The quantitative estimate of drug-likeness (QED) is 0.632. The topological polar surface area (TPSA) is 51.2 Å². The highest BCUT2D eigenvalue weighted by molar-refractivity contribution is 7.91. The maximum atomic E-state index is 12.7. The Morgan fingerprint density at radius 3 is 2.26 bits per heavy atom. The zero-order valence-electron chi connectivity index (χ0n) is 10.6. The van der Waals surface area contributed by atoms with Gasteiger partial charge >= 0.3 is 0 Å². The van der Waals surface area contributed by atoms with E-state index >= 15 is 0 Å². The summed E-state index contributed by atoms with van der Waals surface area (Å²) in [7, 11) is -3.61. The maximum absolute atomic E-state index is 12.7. The van der Waals surface area contributed by atoms with Crippen molar-refractivity contribution in [2.75, 3.05) is 0 Å². The van der Waals surface area contributed by atoms with Gasteiger partial charge in [0.05, 0.1) is 9.79 Å². The van der Waals surface area contributed by atoms with Crippen LogP contribution in [0, 0.1) is 13.8 Å². The van der Waals surface area contributed by atoms with Crippen molar-refractivity contribution in [1.29, 1.82) is 0 Å². The minimum atomic E-state index is -3.61. The van der Waals surface area contributed by atoms with Crippen LogP contribution in [-0.2, 0) is 9.84 Å². The van der Waals surface area contributed by atoms with Gasteiger partial charge in [0, 0.05) is 11.1 Å². The minimum absolute atomic E-state index is 0.112. The van der Waals surface area contributed by atoms with E-state index < -0.39 is 9.84 Å². The van der Waals surface area contributed by atoms with Gasteiger partial charge in [-0.3, -0.25) is 4.79 Å². The highest BCUT2D eigenvalue weighted by Gasteiger charge is 2.36. The fraction of sp³-hybridized carbons (Fsp3) is 0.133. The number of aryl methyl sites for hydroxylation is 2. The molecule has 1 aliphatic rings. The Bertz CT molecular complexity index is 817. The molecule has 0 unspecified atom stereocenters. The third kappa shape index (κ3) is 1.50. The van der Waals surface area contributed by atoms with Gasteiger partial charge in [0.2, 0.25) is 9.84 Å². The predicted octanol–water partition coefficient (Wildman–Crippen LogP) is 2.68. The average molecular weight is 272 g/mol. The molecule has 3 rings (SSSR count). The zero-order chi connectivity index (χ0) is 13.8. The number of hydrogen-bond donors (Lipinski definition) is 0. The molecule has 2 aromatic carbocycles. The van der Waals surface area contributed by atoms with Crippen molar-refractivity contribution in [1.82, 2.24) is 0 Å². The molecule has 0 saturated carbocycles. The molecule has 0 spiro atoms. The average Bonchev–Trinajstić information content (AvgIpc) is 2.39. The van der Waals surface area contributed by atoms with Crippen molar-refractivity contribution in [2.24, 2.45) is 0 Å². The molecule has 0 amide bonds. The molecule has 0 saturated heterocycles. The van der Waals surface area contributed by atoms with E-state index in [4.69, 9.17) is 0 Å². The molecule has 0 N–H and O–H groups in total. The second kappa shape index (κ2) is 3.78. The summed E-state index contributed by atoms with van der Waals surface area (Å²) in [4.78, 5) is 12.8. The lowest BCUT2D eigenvalue weighted by Gasteiger charge is -2.21. The molecule has 0 fully saturated rings. The molecular formula is C15H12O3S. The van der Waals surface area contributed by atoms with Gasteiger partial charge in [-0.05, 0) is 37.1 Å². The molecule has 0 bridgehead atoms. The van der Waals surface area contributed by atoms with Crippen LogP contribution < -0.4 is 0 Å². The number of ketones is 1. The van der Waals surface area contributed by atoms with E-state index in [1.807, 2.05) is 0 Å². The fourth-order valence-electron chi connectivity index (χ4n) is 2.55. The van der Waals surface area contributed by atoms with Crippen LogP contribution in [0.15, 0.2) is 46.2 Å². The van der Waals surface area contributed by atoms with Crippen LogP contribution >= 0.6 is 0 Å². The van der Waals surface area contributed by atoms with E-state index in [-0.39, 0.29) is 21.1 Å². The van der Waals surface area contributed by atoms with Crippen LogP contribution in [0.2, 0.25) is 0 Å². The lowest BCUT2D eigenvalue weighted by atomic mass is 9.96. The van der Waals surface area contributed by atoms with Gasteiger partial charge in [-0.1, -0.05) is 24.3 Å². The lowest BCUT2D eigenvalue weighted by Crippen LogP contribution is -2.22. The minimum Gasteiger partial charge on any atom is -0.289 e. The lowest BCUT2D eigenvalue weighted by molar-refractivity contribution is 0.103. The van der Waals surface area contributed by atoms with E-state index in [0.29, 0.717) is 16.7 Å². The molecular weight excluding hydrogens is 260 g/mol. The fourth-order valence-corrected chi connectivity index (χ4v) is 4.49. The Morgan fingerprint density at radius 1 is 0.895 bits per heavy atom. The highest BCUT2D eigenvalue weighted by atomic mass is 32.2. The number of rotatable bonds is 0. The molecule has 1 heterocycles. The van der Waals surface area contributed by atoms with Gasteiger partial charge < -0.3 is 0 Å². The van der Waals surface area contributed by atoms with Crippen molar-refractivity contribution in [2.45, 2.75) is 23.6 Å². The Morgan fingerprint density at radius 2 is 1.53 bits per heavy atom. The second-order valence-corrected chi connectivity index (χ2v) is 6.59. The summed E-state index contributed by atoms with van der Waals surface area (Å²) in [6.07, 6.45) is 0. The van der Waals surface area contributed by atoms with E-state index in [9.17, 15) is 13.2 Å². The van der Waals surface area contributed by atoms with Crippen LogP contribution in [0.4, 0.5) is 0 Å². The van der Waals surface area contributed by atoms with Crippen LogP contribution in [0.5, 0.6) is 0 Å². The van der Waals surface area contributed by atoms with E-state index in [0.717, 1.165) is 0 Å². The summed E-state index contributed by atoms with van der Waals surface area (Å²) in [6, 6.07) is 9.91. The molecule has 19 heavy (non-hydrogen) atoms. The van der Waals surface area contributed by atoms with Gasteiger partial charge in [0.15, 0.2) is 5.78 Å². The Hall–Kier alpha value is -1.94. The summed E-state index contributed by atoms with van der Waals surface area (Å²) in [5.41, 5.74) is 1.90. The standard InChI is InChI=1S/C15H12O3S/c1-9-7-8-10(2)15-13(9)14(16)11-5-3-4-6-12(11)19(15,17)18/h3-8H,1-2H3. The van der Waals surface area contributed by atoms with Crippen molar-refractivity contribution < 1.29 is 13.2 Å². The molecule has 4 heteroatoms. The van der Waals surface area contributed by atoms with Crippen molar-refractivity contribution in [3.8, 4) is 0 Å². The SMILES string of the molecule is Cc1ccc(C)c2c1C(=O)c1ccccc1S2(=O)=O. The number of hydrogen-bond acceptors (Lipinski definition) is 3. The predicted molar refractivity (Wildman–Crippen MR) is 71.2 cm³/mol. The van der Waals surface area contributed by atoms with Gasteiger partial charge in [-0.2, -0.15) is 0 Å².